The van der Waals surface area contributed by atoms with Crippen LogP contribution in [0.4, 0.5) is 8.78 Å². The molecule has 0 bridgehead atoms. The van der Waals surface area contributed by atoms with E-state index in [1.54, 1.807) is 6.07 Å². The predicted molar refractivity (Wildman–Crippen MR) is 40.0 cm³/mol. The van der Waals surface area contributed by atoms with Gasteiger partial charge in [0, 0.05) is 12.1 Å². The monoisotopic (exact) mass is 173 g/mol. The van der Waals surface area contributed by atoms with Gasteiger partial charge in [0.15, 0.2) is 0 Å². The largest absolute Gasteiger partial charge is 0.316 e. The molecular weight excluding hydrogens is 164 g/mol. The average Bonchev–Trinajstić information content (AvgIpc) is 2.05. The maximum Gasteiger partial charge on any atom is 0.263 e. The predicted octanol–water partition coefficient (Wildman–Crippen LogP) is 2.10. The van der Waals surface area contributed by atoms with Crippen molar-refractivity contribution in [2.75, 3.05) is 0 Å². The van der Waals surface area contributed by atoms with Crippen LogP contribution in [0.1, 0.15) is 17.6 Å². The van der Waals surface area contributed by atoms with Crippen LogP contribution in [0.15, 0.2) is 24.3 Å². The first kappa shape index (κ1) is 9.09. The molecule has 0 atom stereocenters. The van der Waals surface area contributed by atoms with E-state index in [1.165, 1.54) is 18.2 Å². The molecule has 1 aromatic rings. The standard InChI is InChI=1S/C8H9F2NO/c9-8(10)7-3-1-2-6(4-7)5-11-12/h1-4,8,11-12H,5H2. The van der Waals surface area contributed by atoms with Gasteiger partial charge in [-0.15, -0.1) is 0 Å². The van der Waals surface area contributed by atoms with Gasteiger partial charge in [-0.1, -0.05) is 18.2 Å². The molecule has 0 saturated carbocycles. The summed E-state index contributed by atoms with van der Waals surface area (Å²) < 4.78 is 24.2. The third-order valence-electron chi connectivity index (χ3n) is 1.49. The number of halogens is 2. The van der Waals surface area contributed by atoms with Gasteiger partial charge in [0.05, 0.1) is 0 Å². The van der Waals surface area contributed by atoms with Gasteiger partial charge in [0.1, 0.15) is 0 Å². The molecular formula is C8H9F2NO. The number of rotatable bonds is 3. The maximum atomic E-state index is 12.1. The van der Waals surface area contributed by atoms with Crippen molar-refractivity contribution in [3.8, 4) is 0 Å². The zero-order chi connectivity index (χ0) is 8.97. The van der Waals surface area contributed by atoms with Crippen molar-refractivity contribution in [3.05, 3.63) is 35.4 Å². The van der Waals surface area contributed by atoms with Crippen molar-refractivity contribution in [2.45, 2.75) is 13.0 Å². The second-order valence-electron chi connectivity index (χ2n) is 2.38. The average molecular weight is 173 g/mol. The molecule has 1 rings (SSSR count). The van der Waals surface area contributed by atoms with Crippen molar-refractivity contribution in [1.29, 1.82) is 0 Å². The fraction of sp³-hybridized carbons (Fsp3) is 0.250. The van der Waals surface area contributed by atoms with Crippen LogP contribution < -0.4 is 5.48 Å². The summed E-state index contributed by atoms with van der Waals surface area (Å²) in [7, 11) is 0. The van der Waals surface area contributed by atoms with Crippen molar-refractivity contribution in [1.82, 2.24) is 5.48 Å². The Morgan fingerprint density at radius 2 is 2.17 bits per heavy atom. The highest BCUT2D eigenvalue weighted by Crippen LogP contribution is 2.19. The number of hydrogen-bond donors (Lipinski definition) is 2. The van der Waals surface area contributed by atoms with Crippen molar-refractivity contribution in [3.63, 3.8) is 0 Å². The van der Waals surface area contributed by atoms with E-state index in [9.17, 15) is 8.78 Å². The Morgan fingerprint density at radius 3 is 2.75 bits per heavy atom. The molecule has 0 aromatic heterocycles. The van der Waals surface area contributed by atoms with E-state index in [0.29, 0.717) is 5.56 Å². The highest BCUT2D eigenvalue weighted by molar-refractivity contribution is 5.23. The quantitative estimate of drug-likeness (QED) is 0.686. The summed E-state index contributed by atoms with van der Waals surface area (Å²) in [5.74, 6) is 0. The molecule has 4 heteroatoms. The Hall–Kier alpha value is -1.00. The molecule has 0 unspecified atom stereocenters. The molecule has 0 saturated heterocycles. The maximum absolute atomic E-state index is 12.1. The third kappa shape index (κ3) is 2.25. The summed E-state index contributed by atoms with van der Waals surface area (Å²) in [4.78, 5) is 0. The zero-order valence-corrected chi connectivity index (χ0v) is 6.30. The molecule has 0 radical (unpaired) electrons. The number of hydrogen-bond acceptors (Lipinski definition) is 2. The van der Waals surface area contributed by atoms with Crippen LogP contribution in [0, 0.1) is 0 Å². The second kappa shape index (κ2) is 4.13. The lowest BCUT2D eigenvalue weighted by atomic mass is 10.1. The number of benzene rings is 1. The molecule has 0 aliphatic carbocycles. The first-order valence-corrected chi connectivity index (χ1v) is 3.48. The van der Waals surface area contributed by atoms with Gasteiger partial charge < -0.3 is 5.21 Å². The minimum atomic E-state index is -2.45. The van der Waals surface area contributed by atoms with Gasteiger partial charge in [0.25, 0.3) is 6.43 Å². The van der Waals surface area contributed by atoms with Crippen LogP contribution >= 0.6 is 0 Å². The van der Waals surface area contributed by atoms with Gasteiger partial charge in [-0.25, -0.2) is 14.3 Å². The molecule has 0 amide bonds. The molecule has 12 heavy (non-hydrogen) atoms. The summed E-state index contributed by atoms with van der Waals surface area (Å²) in [6.45, 7) is 0.181. The van der Waals surface area contributed by atoms with Crippen molar-refractivity contribution >= 4 is 0 Å². The Labute approximate surface area is 68.8 Å². The second-order valence-corrected chi connectivity index (χ2v) is 2.38. The fourth-order valence-corrected chi connectivity index (χ4v) is 0.930. The lowest BCUT2D eigenvalue weighted by molar-refractivity contribution is 0.150. The van der Waals surface area contributed by atoms with Crippen LogP contribution in [0.5, 0.6) is 0 Å². The Kier molecular flexibility index (Phi) is 3.13. The van der Waals surface area contributed by atoms with Gasteiger partial charge in [-0.2, -0.15) is 0 Å². The van der Waals surface area contributed by atoms with E-state index in [4.69, 9.17) is 5.21 Å². The molecule has 0 fully saturated rings. The summed E-state index contributed by atoms with van der Waals surface area (Å²) in [5.41, 5.74) is 2.51. The van der Waals surface area contributed by atoms with E-state index < -0.39 is 6.43 Å². The Morgan fingerprint density at radius 1 is 1.42 bits per heavy atom. The highest BCUT2D eigenvalue weighted by atomic mass is 19.3. The fourth-order valence-electron chi connectivity index (χ4n) is 0.930. The van der Waals surface area contributed by atoms with Gasteiger partial charge >= 0.3 is 0 Å². The highest BCUT2D eigenvalue weighted by Gasteiger charge is 2.06. The summed E-state index contributed by atoms with van der Waals surface area (Å²) in [6, 6.07) is 5.91. The van der Waals surface area contributed by atoms with E-state index in [-0.39, 0.29) is 12.1 Å². The smallest absolute Gasteiger partial charge is 0.263 e. The van der Waals surface area contributed by atoms with Gasteiger partial charge in [-0.05, 0) is 11.6 Å². The van der Waals surface area contributed by atoms with Crippen LogP contribution in [0.2, 0.25) is 0 Å². The molecule has 66 valence electrons. The van der Waals surface area contributed by atoms with Gasteiger partial charge in [0.2, 0.25) is 0 Å². The summed E-state index contributed by atoms with van der Waals surface area (Å²) in [6.07, 6.45) is -2.45. The summed E-state index contributed by atoms with van der Waals surface area (Å²) >= 11 is 0. The molecule has 0 heterocycles. The summed E-state index contributed by atoms with van der Waals surface area (Å²) in [5, 5.41) is 8.31. The van der Waals surface area contributed by atoms with Crippen LogP contribution in [0.25, 0.3) is 0 Å². The van der Waals surface area contributed by atoms with E-state index in [1.807, 2.05) is 5.48 Å². The normalized spacial score (nSPS) is 10.7. The first-order chi connectivity index (χ1) is 5.74. The van der Waals surface area contributed by atoms with Crippen molar-refractivity contribution < 1.29 is 14.0 Å². The Bertz CT molecular complexity index is 253. The van der Waals surface area contributed by atoms with E-state index in [2.05, 4.69) is 0 Å². The minimum Gasteiger partial charge on any atom is -0.316 e. The topological polar surface area (TPSA) is 32.3 Å². The first-order valence-electron chi connectivity index (χ1n) is 3.48. The Balaban J connectivity index is 2.81. The van der Waals surface area contributed by atoms with Crippen LogP contribution in [-0.2, 0) is 6.54 Å². The number of hydroxylamine groups is 1. The van der Waals surface area contributed by atoms with Crippen molar-refractivity contribution in [2.24, 2.45) is 0 Å². The SMILES string of the molecule is ONCc1cccc(C(F)F)c1. The molecule has 0 aliphatic rings. The number of nitrogens with one attached hydrogen (secondary N) is 1. The number of alkyl halides is 2. The minimum absolute atomic E-state index is 0.0252. The van der Waals surface area contributed by atoms with Gasteiger partial charge in [-0.3, -0.25) is 0 Å². The van der Waals surface area contributed by atoms with Crippen LogP contribution in [0.3, 0.4) is 0 Å². The van der Waals surface area contributed by atoms with E-state index >= 15 is 0 Å². The molecule has 1 aromatic carbocycles. The molecule has 0 spiro atoms. The molecule has 2 nitrogen and oxygen atoms in total. The third-order valence-corrected chi connectivity index (χ3v) is 1.49. The molecule has 2 N–H and O–H groups in total. The zero-order valence-electron chi connectivity index (χ0n) is 6.30. The lowest BCUT2D eigenvalue weighted by Crippen LogP contribution is -2.06. The molecule has 0 aliphatic heterocycles. The van der Waals surface area contributed by atoms with Crippen LogP contribution in [-0.4, -0.2) is 5.21 Å². The lowest BCUT2D eigenvalue weighted by Gasteiger charge is -2.02. The van der Waals surface area contributed by atoms with E-state index in [0.717, 1.165) is 0 Å².